The van der Waals surface area contributed by atoms with Crippen LogP contribution in [-0.4, -0.2) is 4.92 Å². The standard InChI is InChI=1S/C50H45NO2/c1-3-5-10-36-14-18-39(19-15-36)41-22-26-43(27-23-41)48-34-46(38-12-8-7-9-13-38)35-49(50(48)45-30-32-47(33-31-45)51(52)53)44-28-24-42(25-29-44)40-20-16-37(17-21-40)11-6-4-2/h7-9,12-35H,3-6,10-11H2,1-2H3. The molecule has 0 fully saturated rings. The summed E-state index contributed by atoms with van der Waals surface area (Å²) in [6, 6.07) is 57.5. The van der Waals surface area contributed by atoms with E-state index in [1.54, 1.807) is 12.1 Å². The molecule has 3 heteroatoms. The number of benzene rings is 7. The molecule has 262 valence electrons. The number of non-ortho nitro benzene ring substituents is 1. The summed E-state index contributed by atoms with van der Waals surface area (Å²) in [4.78, 5) is 11.3. The Morgan fingerprint density at radius 2 is 0.774 bits per heavy atom. The van der Waals surface area contributed by atoms with Crippen molar-refractivity contribution in [2.75, 3.05) is 0 Å². The number of unbranched alkanes of at least 4 members (excludes halogenated alkanes) is 2. The van der Waals surface area contributed by atoms with Crippen molar-refractivity contribution in [3.63, 3.8) is 0 Å². The van der Waals surface area contributed by atoms with Gasteiger partial charge in [0.15, 0.2) is 0 Å². The van der Waals surface area contributed by atoms with Gasteiger partial charge in [-0.2, -0.15) is 0 Å². The van der Waals surface area contributed by atoms with Gasteiger partial charge in [-0.3, -0.25) is 10.1 Å². The Balaban J connectivity index is 1.35. The van der Waals surface area contributed by atoms with E-state index in [2.05, 4.69) is 147 Å². The Morgan fingerprint density at radius 1 is 0.415 bits per heavy atom. The summed E-state index contributed by atoms with van der Waals surface area (Å²) < 4.78 is 0. The Kier molecular flexibility index (Phi) is 11.0. The third kappa shape index (κ3) is 8.21. The van der Waals surface area contributed by atoms with E-state index >= 15 is 0 Å². The van der Waals surface area contributed by atoms with Crippen LogP contribution in [0.5, 0.6) is 0 Å². The molecule has 0 aliphatic rings. The van der Waals surface area contributed by atoms with E-state index in [0.717, 1.165) is 57.3 Å². The first-order valence-electron chi connectivity index (χ1n) is 18.9. The normalized spacial score (nSPS) is 11.1. The lowest BCUT2D eigenvalue weighted by atomic mass is 9.84. The van der Waals surface area contributed by atoms with Crippen molar-refractivity contribution in [2.24, 2.45) is 0 Å². The molecule has 0 bridgehead atoms. The summed E-state index contributed by atoms with van der Waals surface area (Å²) in [6.45, 7) is 4.46. The molecule has 0 atom stereocenters. The van der Waals surface area contributed by atoms with Gasteiger partial charge in [0.25, 0.3) is 5.69 Å². The molecule has 0 spiro atoms. The molecule has 0 heterocycles. The second-order valence-electron chi connectivity index (χ2n) is 13.9. The van der Waals surface area contributed by atoms with E-state index < -0.39 is 0 Å². The summed E-state index contributed by atoms with van der Waals surface area (Å²) >= 11 is 0. The van der Waals surface area contributed by atoms with Crippen molar-refractivity contribution in [1.82, 2.24) is 0 Å². The lowest BCUT2D eigenvalue weighted by Crippen LogP contribution is -1.94. The van der Waals surface area contributed by atoms with Gasteiger partial charge >= 0.3 is 0 Å². The molecular weight excluding hydrogens is 647 g/mol. The molecule has 0 saturated carbocycles. The van der Waals surface area contributed by atoms with Crippen molar-refractivity contribution in [3.05, 3.63) is 185 Å². The van der Waals surface area contributed by atoms with Crippen LogP contribution in [-0.2, 0) is 12.8 Å². The molecule has 0 aliphatic heterocycles. The van der Waals surface area contributed by atoms with Crippen LogP contribution >= 0.6 is 0 Å². The van der Waals surface area contributed by atoms with Gasteiger partial charge in [-0.1, -0.05) is 154 Å². The van der Waals surface area contributed by atoms with Crippen molar-refractivity contribution in [2.45, 2.75) is 52.4 Å². The van der Waals surface area contributed by atoms with Gasteiger partial charge in [0, 0.05) is 12.1 Å². The quantitative estimate of drug-likeness (QED) is 0.0892. The summed E-state index contributed by atoms with van der Waals surface area (Å²) in [7, 11) is 0. The molecule has 53 heavy (non-hydrogen) atoms. The highest BCUT2D eigenvalue weighted by molar-refractivity contribution is 5.98. The number of nitro groups is 1. The largest absolute Gasteiger partial charge is 0.269 e. The third-order valence-electron chi connectivity index (χ3n) is 10.2. The van der Waals surface area contributed by atoms with E-state index in [0.29, 0.717) is 0 Å². The van der Waals surface area contributed by atoms with Gasteiger partial charge in [0.1, 0.15) is 0 Å². The predicted molar refractivity (Wildman–Crippen MR) is 223 cm³/mol. The number of nitrogens with zero attached hydrogens (tertiary/aromatic N) is 1. The number of hydrogen-bond donors (Lipinski definition) is 0. The number of aryl methyl sites for hydroxylation is 2. The van der Waals surface area contributed by atoms with Crippen LogP contribution in [0.2, 0.25) is 0 Å². The number of hydrogen-bond acceptors (Lipinski definition) is 2. The minimum absolute atomic E-state index is 0.0767. The first kappa shape index (κ1) is 35.3. The van der Waals surface area contributed by atoms with E-state index in [9.17, 15) is 10.1 Å². The highest BCUT2D eigenvalue weighted by Gasteiger charge is 2.19. The van der Waals surface area contributed by atoms with E-state index in [1.165, 1.54) is 59.1 Å². The first-order chi connectivity index (χ1) is 26.0. The highest BCUT2D eigenvalue weighted by Crippen LogP contribution is 2.44. The molecule has 0 saturated heterocycles. The zero-order valence-electron chi connectivity index (χ0n) is 30.6. The smallest absolute Gasteiger partial charge is 0.258 e. The lowest BCUT2D eigenvalue weighted by Gasteiger charge is -2.19. The molecule has 0 aromatic heterocycles. The zero-order valence-corrected chi connectivity index (χ0v) is 30.6. The average molecular weight is 692 g/mol. The molecule has 7 aromatic rings. The van der Waals surface area contributed by atoms with Crippen LogP contribution in [0.1, 0.15) is 50.7 Å². The average Bonchev–Trinajstić information content (AvgIpc) is 3.22. The van der Waals surface area contributed by atoms with Gasteiger partial charge in [0.2, 0.25) is 0 Å². The fourth-order valence-corrected chi connectivity index (χ4v) is 7.13. The molecule has 7 rings (SSSR count). The van der Waals surface area contributed by atoms with Crippen molar-refractivity contribution in [1.29, 1.82) is 0 Å². The summed E-state index contributed by atoms with van der Waals surface area (Å²) in [5.41, 5.74) is 16.1. The number of rotatable bonds is 13. The molecule has 0 unspecified atom stereocenters. The SMILES string of the molecule is CCCCc1ccc(-c2ccc(-c3cc(-c4ccccc4)cc(-c4ccc(-c5ccc(CCCC)cc5)cc4)c3-c3ccc([N+](=O)[O-])cc3)cc2)cc1. The highest BCUT2D eigenvalue weighted by atomic mass is 16.6. The van der Waals surface area contributed by atoms with Crippen LogP contribution in [0.3, 0.4) is 0 Å². The Bertz CT molecular complexity index is 2150. The van der Waals surface area contributed by atoms with Crippen LogP contribution < -0.4 is 0 Å². The maximum Gasteiger partial charge on any atom is 0.269 e. The third-order valence-corrected chi connectivity index (χ3v) is 10.2. The Hall–Kier alpha value is -6.06. The van der Waals surface area contributed by atoms with Gasteiger partial charge in [-0.15, -0.1) is 0 Å². The number of nitro benzene ring substituents is 1. The topological polar surface area (TPSA) is 43.1 Å². The minimum atomic E-state index is -0.339. The summed E-state index contributed by atoms with van der Waals surface area (Å²) in [6.07, 6.45) is 7.00. The van der Waals surface area contributed by atoms with Crippen molar-refractivity contribution >= 4 is 5.69 Å². The molecule has 0 radical (unpaired) electrons. The van der Waals surface area contributed by atoms with Crippen molar-refractivity contribution < 1.29 is 4.92 Å². The van der Waals surface area contributed by atoms with Gasteiger partial charge < -0.3 is 0 Å². The zero-order chi connectivity index (χ0) is 36.6. The van der Waals surface area contributed by atoms with E-state index in [4.69, 9.17) is 0 Å². The van der Waals surface area contributed by atoms with Crippen LogP contribution in [0, 0.1) is 10.1 Å². The molecule has 3 nitrogen and oxygen atoms in total. The Morgan fingerprint density at radius 3 is 1.17 bits per heavy atom. The molecule has 0 N–H and O–H groups in total. The fraction of sp³-hybridized carbons (Fsp3) is 0.160. The van der Waals surface area contributed by atoms with Gasteiger partial charge in [0.05, 0.1) is 4.92 Å². The maximum atomic E-state index is 11.7. The maximum absolute atomic E-state index is 11.7. The summed E-state index contributed by atoms with van der Waals surface area (Å²) in [5.74, 6) is 0. The minimum Gasteiger partial charge on any atom is -0.258 e. The van der Waals surface area contributed by atoms with E-state index in [-0.39, 0.29) is 10.6 Å². The second-order valence-corrected chi connectivity index (χ2v) is 13.9. The fourth-order valence-electron chi connectivity index (χ4n) is 7.13. The van der Waals surface area contributed by atoms with Crippen molar-refractivity contribution in [3.8, 4) is 66.8 Å². The molecule has 0 aliphatic carbocycles. The van der Waals surface area contributed by atoms with E-state index in [1.807, 2.05) is 18.2 Å². The van der Waals surface area contributed by atoms with Crippen LogP contribution in [0.4, 0.5) is 5.69 Å². The van der Waals surface area contributed by atoms with Gasteiger partial charge in [-0.25, -0.2) is 0 Å². The monoisotopic (exact) mass is 691 g/mol. The molecular formula is C50H45NO2. The van der Waals surface area contributed by atoms with Crippen LogP contribution in [0.15, 0.2) is 164 Å². The second kappa shape index (κ2) is 16.5. The lowest BCUT2D eigenvalue weighted by molar-refractivity contribution is -0.384. The Labute approximate surface area is 313 Å². The predicted octanol–water partition coefficient (Wildman–Crippen LogP) is 14.3. The van der Waals surface area contributed by atoms with Crippen LogP contribution in [0.25, 0.3) is 66.8 Å². The molecule has 7 aromatic carbocycles. The summed E-state index contributed by atoms with van der Waals surface area (Å²) in [5, 5.41) is 11.7. The first-order valence-corrected chi connectivity index (χ1v) is 18.9. The van der Waals surface area contributed by atoms with Gasteiger partial charge in [-0.05, 0) is 128 Å². The molecule has 0 amide bonds.